The number of benzene rings is 1. The first-order valence-corrected chi connectivity index (χ1v) is 6.02. The molecule has 0 aromatic heterocycles. The number of amides is 4. The number of hydrogen-bond acceptors (Lipinski definition) is 3. The fourth-order valence-electron chi connectivity index (χ4n) is 1.83. The zero-order valence-corrected chi connectivity index (χ0v) is 10.8. The van der Waals surface area contributed by atoms with Crippen molar-refractivity contribution in [1.82, 2.24) is 15.3 Å². The van der Waals surface area contributed by atoms with E-state index in [0.717, 1.165) is 15.5 Å². The van der Waals surface area contributed by atoms with Crippen LogP contribution in [0.4, 0.5) is 4.79 Å². The van der Waals surface area contributed by atoms with E-state index in [9.17, 15) is 14.4 Å². The summed E-state index contributed by atoms with van der Waals surface area (Å²) in [5.41, 5.74) is 3.93. The summed E-state index contributed by atoms with van der Waals surface area (Å²) in [5.74, 6) is -0.712. The lowest BCUT2D eigenvalue weighted by atomic mass is 10.1. The second-order valence-electron chi connectivity index (χ2n) is 4.31. The molecule has 0 unspecified atom stereocenters. The lowest BCUT2D eigenvalue weighted by molar-refractivity contribution is -0.125. The third kappa shape index (κ3) is 2.57. The number of nitrogens with one attached hydrogen (secondary N) is 1. The molecule has 1 heterocycles. The number of rotatable bonds is 3. The topological polar surface area (TPSA) is 69.7 Å². The molecule has 1 fully saturated rings. The van der Waals surface area contributed by atoms with Crippen LogP contribution in [0.25, 0.3) is 0 Å². The fourth-order valence-corrected chi connectivity index (χ4v) is 1.83. The van der Waals surface area contributed by atoms with Crippen LogP contribution in [-0.2, 0) is 4.79 Å². The second kappa shape index (κ2) is 5.09. The number of nitrogens with zero attached hydrogens (tertiary/aromatic N) is 2. The van der Waals surface area contributed by atoms with E-state index >= 15 is 0 Å². The van der Waals surface area contributed by atoms with Crippen LogP contribution in [0, 0.1) is 6.92 Å². The van der Waals surface area contributed by atoms with Crippen LogP contribution < -0.4 is 5.43 Å². The molecule has 1 N–H and O–H groups in total. The Labute approximate surface area is 111 Å². The van der Waals surface area contributed by atoms with Gasteiger partial charge in [-0.2, -0.15) is 0 Å². The number of hydrazine groups is 1. The maximum absolute atomic E-state index is 11.9. The molecule has 0 bridgehead atoms. The van der Waals surface area contributed by atoms with Gasteiger partial charge in [-0.25, -0.2) is 9.80 Å². The van der Waals surface area contributed by atoms with Crippen LogP contribution in [0.15, 0.2) is 24.3 Å². The number of carbonyl (C=O) groups excluding carboxylic acids is 3. The molecule has 6 heteroatoms. The van der Waals surface area contributed by atoms with E-state index in [1.54, 1.807) is 19.1 Å². The minimum absolute atomic E-state index is 0.121. The Kier molecular flexibility index (Phi) is 3.50. The van der Waals surface area contributed by atoms with Crippen LogP contribution in [0.3, 0.4) is 0 Å². The van der Waals surface area contributed by atoms with E-state index in [-0.39, 0.29) is 12.5 Å². The highest BCUT2D eigenvalue weighted by Crippen LogP contribution is 2.09. The van der Waals surface area contributed by atoms with Gasteiger partial charge < -0.3 is 0 Å². The Morgan fingerprint density at radius 3 is 2.42 bits per heavy atom. The molecule has 0 aliphatic carbocycles. The molecule has 6 nitrogen and oxygen atoms in total. The molecule has 19 heavy (non-hydrogen) atoms. The predicted molar refractivity (Wildman–Crippen MR) is 68.1 cm³/mol. The second-order valence-corrected chi connectivity index (χ2v) is 4.31. The highest BCUT2D eigenvalue weighted by atomic mass is 16.2. The standard InChI is InChI=1S/C13H15N3O3/c1-3-15-11(17)8-16(13(15)19)14-12(18)10-6-4-9(2)5-7-10/h4-7H,3,8H2,1-2H3,(H,14,18). The fraction of sp³-hybridized carbons (Fsp3) is 0.308. The van der Waals surface area contributed by atoms with Gasteiger partial charge in [-0.05, 0) is 26.0 Å². The summed E-state index contributed by atoms with van der Waals surface area (Å²) >= 11 is 0. The maximum atomic E-state index is 11.9. The molecule has 0 saturated carbocycles. The van der Waals surface area contributed by atoms with Crippen molar-refractivity contribution >= 4 is 17.8 Å². The van der Waals surface area contributed by atoms with Crippen molar-refractivity contribution < 1.29 is 14.4 Å². The first-order chi connectivity index (χ1) is 9.02. The van der Waals surface area contributed by atoms with Crippen molar-refractivity contribution in [2.24, 2.45) is 0 Å². The molecular formula is C13H15N3O3. The molecule has 4 amide bonds. The van der Waals surface area contributed by atoms with Crippen LogP contribution >= 0.6 is 0 Å². The highest BCUT2D eigenvalue weighted by Gasteiger charge is 2.35. The minimum atomic E-state index is -0.493. The summed E-state index contributed by atoms with van der Waals surface area (Å²) in [6.45, 7) is 3.81. The van der Waals surface area contributed by atoms with E-state index in [4.69, 9.17) is 0 Å². The van der Waals surface area contributed by atoms with Crippen molar-refractivity contribution in [2.45, 2.75) is 13.8 Å². The predicted octanol–water partition coefficient (Wildman–Crippen LogP) is 0.924. The Bertz CT molecular complexity index is 524. The zero-order valence-electron chi connectivity index (χ0n) is 10.8. The third-order valence-electron chi connectivity index (χ3n) is 2.92. The van der Waals surface area contributed by atoms with E-state index in [2.05, 4.69) is 5.43 Å². The maximum Gasteiger partial charge on any atom is 0.345 e. The molecule has 1 aliphatic rings. The number of likely N-dealkylation sites (N-methyl/N-ethyl adjacent to an activating group) is 1. The van der Waals surface area contributed by atoms with Gasteiger partial charge in [0.05, 0.1) is 0 Å². The van der Waals surface area contributed by atoms with Gasteiger partial charge in [0.1, 0.15) is 6.54 Å². The van der Waals surface area contributed by atoms with Crippen molar-refractivity contribution in [2.75, 3.05) is 13.1 Å². The summed E-state index contributed by atoms with van der Waals surface area (Å²) < 4.78 is 0. The van der Waals surface area contributed by atoms with Gasteiger partial charge in [-0.3, -0.25) is 19.9 Å². The monoisotopic (exact) mass is 261 g/mol. The van der Waals surface area contributed by atoms with Crippen molar-refractivity contribution in [1.29, 1.82) is 0 Å². The summed E-state index contributed by atoms with van der Waals surface area (Å²) in [6.07, 6.45) is 0. The summed E-state index contributed by atoms with van der Waals surface area (Å²) in [6, 6.07) is 6.47. The van der Waals surface area contributed by atoms with Crippen LogP contribution in [0.2, 0.25) is 0 Å². The number of hydrogen-bond donors (Lipinski definition) is 1. The SMILES string of the molecule is CCN1C(=O)CN(NC(=O)c2ccc(C)cc2)C1=O. The molecule has 0 spiro atoms. The van der Waals surface area contributed by atoms with E-state index in [1.807, 2.05) is 19.1 Å². The first kappa shape index (κ1) is 13.1. The van der Waals surface area contributed by atoms with Gasteiger partial charge in [0, 0.05) is 12.1 Å². The molecule has 1 aromatic carbocycles. The average molecular weight is 261 g/mol. The Morgan fingerprint density at radius 1 is 1.26 bits per heavy atom. The van der Waals surface area contributed by atoms with Gasteiger partial charge in [0.25, 0.3) is 11.8 Å². The molecular weight excluding hydrogens is 246 g/mol. The van der Waals surface area contributed by atoms with Crippen molar-refractivity contribution in [3.8, 4) is 0 Å². The Morgan fingerprint density at radius 2 is 1.89 bits per heavy atom. The van der Waals surface area contributed by atoms with Crippen LogP contribution in [-0.4, -0.2) is 40.8 Å². The normalized spacial score (nSPS) is 15.1. The molecule has 100 valence electrons. The number of urea groups is 1. The van der Waals surface area contributed by atoms with Crippen LogP contribution in [0.1, 0.15) is 22.8 Å². The lowest BCUT2D eigenvalue weighted by Gasteiger charge is -2.16. The molecule has 0 atom stereocenters. The van der Waals surface area contributed by atoms with Gasteiger partial charge in [-0.15, -0.1) is 0 Å². The number of carbonyl (C=O) groups is 3. The quantitative estimate of drug-likeness (QED) is 0.823. The van der Waals surface area contributed by atoms with Crippen LogP contribution in [0.5, 0.6) is 0 Å². The van der Waals surface area contributed by atoms with Crippen molar-refractivity contribution in [3.05, 3.63) is 35.4 Å². The Balaban J connectivity index is 2.06. The molecule has 2 rings (SSSR count). The molecule has 1 aromatic rings. The molecule has 1 aliphatic heterocycles. The third-order valence-corrected chi connectivity index (χ3v) is 2.92. The first-order valence-electron chi connectivity index (χ1n) is 6.02. The van der Waals surface area contributed by atoms with E-state index in [1.165, 1.54) is 0 Å². The van der Waals surface area contributed by atoms with Gasteiger partial charge >= 0.3 is 6.03 Å². The molecule has 1 saturated heterocycles. The lowest BCUT2D eigenvalue weighted by Crippen LogP contribution is -2.44. The minimum Gasteiger partial charge on any atom is -0.272 e. The summed E-state index contributed by atoms with van der Waals surface area (Å²) in [4.78, 5) is 36.3. The summed E-state index contributed by atoms with van der Waals surface area (Å²) in [5, 5.41) is 1.04. The highest BCUT2D eigenvalue weighted by molar-refractivity contribution is 6.04. The largest absolute Gasteiger partial charge is 0.345 e. The van der Waals surface area contributed by atoms with E-state index < -0.39 is 11.9 Å². The van der Waals surface area contributed by atoms with E-state index in [0.29, 0.717) is 12.1 Å². The summed E-state index contributed by atoms with van der Waals surface area (Å²) in [7, 11) is 0. The Hall–Kier alpha value is -2.37. The average Bonchev–Trinajstić information content (AvgIpc) is 2.64. The number of imide groups is 1. The molecule has 0 radical (unpaired) electrons. The van der Waals surface area contributed by atoms with Gasteiger partial charge in [0.2, 0.25) is 0 Å². The van der Waals surface area contributed by atoms with Gasteiger partial charge in [0.15, 0.2) is 0 Å². The smallest absolute Gasteiger partial charge is 0.272 e. The van der Waals surface area contributed by atoms with Crippen molar-refractivity contribution in [3.63, 3.8) is 0 Å². The zero-order chi connectivity index (χ0) is 14.0. The van der Waals surface area contributed by atoms with Gasteiger partial charge in [-0.1, -0.05) is 17.7 Å². The number of aryl methyl sites for hydroxylation is 1.